The number of allylic oxidation sites excluding steroid dienone is 4. The Morgan fingerprint density at radius 1 is 1.00 bits per heavy atom. The zero-order chi connectivity index (χ0) is 12.9. The third kappa shape index (κ3) is 3.24. The van der Waals surface area contributed by atoms with Crippen LogP contribution in [0.1, 0.15) is 24.8 Å². The second kappa shape index (κ2) is 6.03. The van der Waals surface area contributed by atoms with E-state index < -0.39 is 0 Å². The molecule has 1 aliphatic carbocycles. The van der Waals surface area contributed by atoms with Crippen LogP contribution in [-0.4, -0.2) is 24.5 Å². The molecule has 0 unspecified atom stereocenters. The first-order valence-electron chi connectivity index (χ1n) is 7.26. The Labute approximate surface area is 115 Å². The first kappa shape index (κ1) is 12.4. The lowest BCUT2D eigenvalue weighted by Crippen LogP contribution is -2.21. The Kier molecular flexibility index (Phi) is 3.95. The van der Waals surface area contributed by atoms with Gasteiger partial charge in [-0.15, -0.1) is 0 Å². The fraction of sp³-hybridized carbons (Fsp3) is 0.333. The molecule has 0 spiro atoms. The average Bonchev–Trinajstić information content (AvgIpc) is 2.85. The van der Waals surface area contributed by atoms with E-state index in [1.165, 1.54) is 42.6 Å². The highest BCUT2D eigenvalue weighted by atomic mass is 15.1. The molecule has 19 heavy (non-hydrogen) atoms. The van der Waals surface area contributed by atoms with E-state index in [9.17, 15) is 0 Å². The lowest BCUT2D eigenvalue weighted by Gasteiger charge is -2.14. The lowest BCUT2D eigenvalue weighted by molar-refractivity contribution is 0.371. The van der Waals surface area contributed by atoms with E-state index >= 15 is 0 Å². The topological polar surface area (TPSA) is 3.24 Å². The Morgan fingerprint density at radius 2 is 1.79 bits per heavy atom. The summed E-state index contributed by atoms with van der Waals surface area (Å²) in [5.41, 5.74) is 4.21. The van der Waals surface area contributed by atoms with Crippen molar-refractivity contribution < 1.29 is 0 Å². The van der Waals surface area contributed by atoms with Crippen LogP contribution in [0, 0.1) is 0 Å². The zero-order valence-corrected chi connectivity index (χ0v) is 11.4. The third-order valence-electron chi connectivity index (χ3n) is 3.94. The number of rotatable bonds is 3. The smallest absolute Gasteiger partial charge is 0.0230 e. The highest BCUT2D eigenvalue weighted by molar-refractivity contribution is 5.69. The summed E-state index contributed by atoms with van der Waals surface area (Å²) in [4.78, 5) is 2.56. The fourth-order valence-electron chi connectivity index (χ4n) is 2.85. The number of benzene rings is 1. The van der Waals surface area contributed by atoms with Gasteiger partial charge < -0.3 is 0 Å². The molecule has 2 aliphatic rings. The molecule has 1 fully saturated rings. The van der Waals surface area contributed by atoms with Crippen molar-refractivity contribution in [3.8, 4) is 0 Å². The SMILES string of the molecule is C1=CC(CN2CCCC2)=CCC(c2ccccc2)=C1. The molecule has 0 bridgehead atoms. The van der Waals surface area contributed by atoms with Crippen molar-refractivity contribution >= 4 is 5.57 Å². The van der Waals surface area contributed by atoms with Crippen LogP contribution in [0.2, 0.25) is 0 Å². The van der Waals surface area contributed by atoms with Gasteiger partial charge in [0.1, 0.15) is 0 Å². The summed E-state index contributed by atoms with van der Waals surface area (Å²) in [7, 11) is 0. The van der Waals surface area contributed by atoms with Gasteiger partial charge in [-0.1, -0.05) is 54.6 Å². The summed E-state index contributed by atoms with van der Waals surface area (Å²) >= 11 is 0. The van der Waals surface area contributed by atoms with E-state index in [0.717, 1.165) is 13.0 Å². The molecule has 98 valence electrons. The molecule has 0 amide bonds. The van der Waals surface area contributed by atoms with Gasteiger partial charge in [-0.2, -0.15) is 0 Å². The molecule has 1 aromatic carbocycles. The Balaban J connectivity index is 1.68. The van der Waals surface area contributed by atoms with Gasteiger partial charge in [0, 0.05) is 6.54 Å². The molecule has 1 aromatic rings. The van der Waals surface area contributed by atoms with Crippen LogP contribution in [0.5, 0.6) is 0 Å². The van der Waals surface area contributed by atoms with Crippen molar-refractivity contribution in [3.63, 3.8) is 0 Å². The molecule has 0 aromatic heterocycles. The second-order valence-corrected chi connectivity index (χ2v) is 5.38. The van der Waals surface area contributed by atoms with E-state index in [4.69, 9.17) is 0 Å². The first-order chi connectivity index (χ1) is 9.42. The van der Waals surface area contributed by atoms with Crippen molar-refractivity contribution in [1.82, 2.24) is 4.90 Å². The van der Waals surface area contributed by atoms with Crippen LogP contribution < -0.4 is 0 Å². The molecule has 0 N–H and O–H groups in total. The van der Waals surface area contributed by atoms with Crippen molar-refractivity contribution in [3.05, 3.63) is 65.8 Å². The molecule has 1 heteroatoms. The highest BCUT2D eigenvalue weighted by Crippen LogP contribution is 2.23. The van der Waals surface area contributed by atoms with Crippen molar-refractivity contribution in [1.29, 1.82) is 0 Å². The van der Waals surface area contributed by atoms with Crippen molar-refractivity contribution in [2.75, 3.05) is 19.6 Å². The second-order valence-electron chi connectivity index (χ2n) is 5.38. The predicted octanol–water partition coefficient (Wildman–Crippen LogP) is 4.05. The van der Waals surface area contributed by atoms with Gasteiger partial charge in [0.2, 0.25) is 0 Å². The van der Waals surface area contributed by atoms with E-state index in [0.29, 0.717) is 0 Å². The maximum atomic E-state index is 2.56. The molecule has 0 saturated carbocycles. The molecule has 1 aliphatic heterocycles. The molecular formula is C18H21N. The summed E-state index contributed by atoms with van der Waals surface area (Å²) in [6.07, 6.45) is 12.9. The minimum Gasteiger partial charge on any atom is -0.299 e. The fourth-order valence-corrected chi connectivity index (χ4v) is 2.85. The monoisotopic (exact) mass is 251 g/mol. The van der Waals surface area contributed by atoms with E-state index in [1.54, 1.807) is 0 Å². The summed E-state index contributed by atoms with van der Waals surface area (Å²) < 4.78 is 0. The minimum absolute atomic E-state index is 1.04. The van der Waals surface area contributed by atoms with Gasteiger partial charge in [0.05, 0.1) is 0 Å². The minimum atomic E-state index is 1.04. The van der Waals surface area contributed by atoms with Crippen LogP contribution in [0.3, 0.4) is 0 Å². The van der Waals surface area contributed by atoms with Crippen LogP contribution in [0.4, 0.5) is 0 Å². The molecular weight excluding hydrogens is 230 g/mol. The quantitative estimate of drug-likeness (QED) is 0.783. The Bertz CT molecular complexity index is 502. The summed E-state index contributed by atoms with van der Waals surface area (Å²) in [5.74, 6) is 0. The molecule has 1 saturated heterocycles. The molecule has 1 heterocycles. The van der Waals surface area contributed by atoms with Crippen LogP contribution in [0.15, 0.2) is 60.2 Å². The Hall–Kier alpha value is -1.60. The maximum absolute atomic E-state index is 2.56. The van der Waals surface area contributed by atoms with Crippen LogP contribution in [0.25, 0.3) is 5.57 Å². The third-order valence-corrected chi connectivity index (χ3v) is 3.94. The number of hydrogen-bond acceptors (Lipinski definition) is 1. The molecule has 0 atom stereocenters. The van der Waals surface area contributed by atoms with Gasteiger partial charge in [-0.05, 0) is 49.1 Å². The number of hydrogen-bond donors (Lipinski definition) is 0. The largest absolute Gasteiger partial charge is 0.299 e. The van der Waals surface area contributed by atoms with Gasteiger partial charge in [-0.25, -0.2) is 0 Å². The number of nitrogens with zero attached hydrogens (tertiary/aromatic N) is 1. The Morgan fingerprint density at radius 3 is 2.58 bits per heavy atom. The van der Waals surface area contributed by atoms with Crippen molar-refractivity contribution in [2.45, 2.75) is 19.3 Å². The lowest BCUT2D eigenvalue weighted by atomic mass is 10.0. The van der Waals surface area contributed by atoms with Gasteiger partial charge in [0.15, 0.2) is 0 Å². The van der Waals surface area contributed by atoms with Gasteiger partial charge >= 0.3 is 0 Å². The normalized spacial score (nSPS) is 20.0. The summed E-state index contributed by atoms with van der Waals surface area (Å²) in [5, 5.41) is 0. The standard InChI is InChI=1S/C18H21N/c1-2-8-17(9-3-1)18-10-6-7-16(11-12-18)15-19-13-4-5-14-19/h1-3,6-11H,4-5,12-15H2. The zero-order valence-electron chi connectivity index (χ0n) is 11.4. The predicted molar refractivity (Wildman–Crippen MR) is 81.9 cm³/mol. The highest BCUT2D eigenvalue weighted by Gasteiger charge is 2.12. The maximum Gasteiger partial charge on any atom is 0.0230 e. The molecule has 1 nitrogen and oxygen atoms in total. The first-order valence-corrected chi connectivity index (χ1v) is 7.26. The van der Waals surface area contributed by atoms with E-state index in [2.05, 4.69) is 59.5 Å². The van der Waals surface area contributed by atoms with Gasteiger partial charge in [-0.3, -0.25) is 4.90 Å². The van der Waals surface area contributed by atoms with Crippen LogP contribution in [-0.2, 0) is 0 Å². The molecule has 3 rings (SSSR count). The van der Waals surface area contributed by atoms with Gasteiger partial charge in [0.25, 0.3) is 0 Å². The number of likely N-dealkylation sites (tertiary alicyclic amines) is 1. The van der Waals surface area contributed by atoms with Crippen molar-refractivity contribution in [2.24, 2.45) is 0 Å². The van der Waals surface area contributed by atoms with E-state index in [-0.39, 0.29) is 0 Å². The van der Waals surface area contributed by atoms with Crippen LogP contribution >= 0.6 is 0 Å². The van der Waals surface area contributed by atoms with E-state index in [1.807, 2.05) is 0 Å². The average molecular weight is 251 g/mol. The summed E-state index contributed by atoms with van der Waals surface area (Å²) in [6, 6.07) is 10.7. The molecule has 0 radical (unpaired) electrons. The summed E-state index contributed by atoms with van der Waals surface area (Å²) in [6.45, 7) is 3.65.